The number of benzene rings is 2. The molecule has 1 N–H and O–H groups in total. The summed E-state index contributed by atoms with van der Waals surface area (Å²) in [6.45, 7) is 1.98. The molecule has 0 aliphatic carbocycles. The van der Waals surface area contributed by atoms with Crippen LogP contribution >= 0.6 is 0 Å². The minimum atomic E-state index is -4.49. The highest BCUT2D eigenvalue weighted by Crippen LogP contribution is 2.33. The zero-order chi connectivity index (χ0) is 18.9. The number of halogens is 3. The minimum Gasteiger partial charge on any atom is -0.326 e. The van der Waals surface area contributed by atoms with Gasteiger partial charge in [0.25, 0.3) is 0 Å². The van der Waals surface area contributed by atoms with Crippen LogP contribution in [0.5, 0.6) is 0 Å². The van der Waals surface area contributed by atoms with Gasteiger partial charge in [0.05, 0.1) is 11.5 Å². The summed E-state index contributed by atoms with van der Waals surface area (Å²) in [7, 11) is 0. The molecule has 0 aromatic heterocycles. The molecule has 1 aliphatic heterocycles. The Labute approximate surface area is 148 Å². The highest BCUT2D eigenvalue weighted by atomic mass is 19.4. The van der Waals surface area contributed by atoms with Crippen LogP contribution in [-0.2, 0) is 15.8 Å². The van der Waals surface area contributed by atoms with Crippen molar-refractivity contribution in [2.75, 3.05) is 16.8 Å². The van der Waals surface area contributed by atoms with Crippen molar-refractivity contribution < 1.29 is 22.8 Å². The van der Waals surface area contributed by atoms with E-state index >= 15 is 0 Å². The number of amides is 2. The third-order valence-electron chi connectivity index (χ3n) is 4.30. The molecule has 7 heteroatoms. The quantitative estimate of drug-likeness (QED) is 0.897. The molecule has 0 spiro atoms. The number of carbonyl (C=O) groups excluding carboxylic acids is 2. The summed E-state index contributed by atoms with van der Waals surface area (Å²) < 4.78 is 38.6. The van der Waals surface area contributed by atoms with E-state index in [0.717, 1.165) is 17.7 Å². The number of anilines is 2. The van der Waals surface area contributed by atoms with Crippen molar-refractivity contribution in [1.29, 1.82) is 0 Å². The van der Waals surface area contributed by atoms with Gasteiger partial charge >= 0.3 is 6.18 Å². The first-order chi connectivity index (χ1) is 12.2. The van der Waals surface area contributed by atoms with Crippen LogP contribution in [0, 0.1) is 12.8 Å². The number of alkyl halides is 3. The van der Waals surface area contributed by atoms with Crippen molar-refractivity contribution in [3.05, 3.63) is 59.7 Å². The smallest absolute Gasteiger partial charge is 0.326 e. The van der Waals surface area contributed by atoms with E-state index in [0.29, 0.717) is 5.69 Å². The Balaban J connectivity index is 1.72. The molecule has 26 heavy (non-hydrogen) atoms. The van der Waals surface area contributed by atoms with Gasteiger partial charge in [-0.15, -0.1) is 0 Å². The highest BCUT2D eigenvalue weighted by Gasteiger charge is 2.36. The van der Waals surface area contributed by atoms with Crippen LogP contribution in [0.25, 0.3) is 0 Å². The van der Waals surface area contributed by atoms with E-state index in [2.05, 4.69) is 5.32 Å². The van der Waals surface area contributed by atoms with Gasteiger partial charge in [0.2, 0.25) is 11.8 Å². The van der Waals surface area contributed by atoms with Crippen molar-refractivity contribution in [2.45, 2.75) is 19.5 Å². The summed E-state index contributed by atoms with van der Waals surface area (Å²) in [5.74, 6) is -1.30. The van der Waals surface area contributed by atoms with E-state index in [-0.39, 0.29) is 30.5 Å². The largest absolute Gasteiger partial charge is 0.416 e. The van der Waals surface area contributed by atoms with E-state index in [4.69, 9.17) is 0 Å². The molecule has 1 unspecified atom stereocenters. The first-order valence-electron chi connectivity index (χ1n) is 8.09. The van der Waals surface area contributed by atoms with Gasteiger partial charge in [-0.3, -0.25) is 9.59 Å². The van der Waals surface area contributed by atoms with E-state index in [1.807, 2.05) is 19.1 Å². The van der Waals surface area contributed by atoms with Crippen LogP contribution in [0.2, 0.25) is 0 Å². The molecule has 1 fully saturated rings. The molecular weight excluding hydrogens is 345 g/mol. The molecule has 1 saturated heterocycles. The topological polar surface area (TPSA) is 49.4 Å². The predicted octanol–water partition coefficient (Wildman–Crippen LogP) is 4.01. The average molecular weight is 362 g/mol. The predicted molar refractivity (Wildman–Crippen MR) is 91.7 cm³/mol. The normalized spacial score (nSPS) is 17.5. The Hall–Kier alpha value is -2.83. The van der Waals surface area contributed by atoms with Crippen LogP contribution in [0.1, 0.15) is 17.5 Å². The molecule has 0 bridgehead atoms. The van der Waals surface area contributed by atoms with Crippen LogP contribution < -0.4 is 10.2 Å². The molecule has 4 nitrogen and oxygen atoms in total. The third kappa shape index (κ3) is 3.87. The lowest BCUT2D eigenvalue weighted by Gasteiger charge is -2.18. The number of aryl methyl sites for hydroxylation is 1. The number of nitrogens with one attached hydrogen (secondary N) is 1. The maximum Gasteiger partial charge on any atom is 0.416 e. The van der Waals surface area contributed by atoms with Crippen molar-refractivity contribution in [1.82, 2.24) is 0 Å². The molecule has 2 aromatic rings. The van der Waals surface area contributed by atoms with E-state index in [1.54, 1.807) is 12.1 Å². The Bertz CT molecular complexity index is 831. The first-order valence-corrected chi connectivity index (χ1v) is 8.09. The lowest BCUT2D eigenvalue weighted by Crippen LogP contribution is -2.28. The molecule has 1 heterocycles. The number of nitrogens with zero attached hydrogens (tertiary/aromatic N) is 1. The number of rotatable bonds is 3. The number of hydrogen-bond acceptors (Lipinski definition) is 2. The second-order valence-electron chi connectivity index (χ2n) is 6.31. The molecule has 0 radical (unpaired) electrons. The molecule has 2 aromatic carbocycles. The molecular formula is C19H17F3N2O2. The Morgan fingerprint density at radius 2 is 1.85 bits per heavy atom. The van der Waals surface area contributed by atoms with Crippen molar-refractivity contribution in [2.24, 2.45) is 5.92 Å². The molecule has 3 rings (SSSR count). The second kappa shape index (κ2) is 6.82. The number of hydrogen-bond donors (Lipinski definition) is 1. The van der Waals surface area contributed by atoms with E-state index < -0.39 is 17.7 Å². The summed E-state index contributed by atoms with van der Waals surface area (Å²) in [6.07, 6.45) is -4.52. The fourth-order valence-electron chi connectivity index (χ4n) is 2.86. The molecule has 136 valence electrons. The molecule has 1 aliphatic rings. The van der Waals surface area contributed by atoms with Crippen molar-refractivity contribution in [3.8, 4) is 0 Å². The average Bonchev–Trinajstić information content (AvgIpc) is 2.98. The monoisotopic (exact) mass is 362 g/mol. The lowest BCUT2D eigenvalue weighted by atomic mass is 10.1. The fraction of sp³-hybridized carbons (Fsp3) is 0.263. The molecule has 0 saturated carbocycles. The molecule has 1 atom stereocenters. The summed E-state index contributed by atoms with van der Waals surface area (Å²) in [5.41, 5.74) is 0.992. The first kappa shape index (κ1) is 18.0. The standard InChI is InChI=1S/C19H17F3N2O2/c1-12-5-7-15(8-6-12)23-18(26)13-9-17(25)24(11-13)16-4-2-3-14(10-16)19(20,21)22/h2-8,10,13H,9,11H2,1H3,(H,23,26). The summed E-state index contributed by atoms with van der Waals surface area (Å²) in [5, 5.41) is 2.74. The van der Waals surface area contributed by atoms with Gasteiger partial charge < -0.3 is 10.2 Å². The van der Waals surface area contributed by atoms with Crippen molar-refractivity contribution >= 4 is 23.2 Å². The zero-order valence-corrected chi connectivity index (χ0v) is 14.0. The van der Waals surface area contributed by atoms with Gasteiger partial charge in [0, 0.05) is 24.3 Å². The van der Waals surface area contributed by atoms with Crippen LogP contribution in [-0.4, -0.2) is 18.4 Å². The second-order valence-corrected chi connectivity index (χ2v) is 6.31. The third-order valence-corrected chi connectivity index (χ3v) is 4.30. The summed E-state index contributed by atoms with van der Waals surface area (Å²) in [4.78, 5) is 25.8. The van der Waals surface area contributed by atoms with Crippen LogP contribution in [0.15, 0.2) is 48.5 Å². The summed E-state index contributed by atoms with van der Waals surface area (Å²) in [6, 6.07) is 11.8. The van der Waals surface area contributed by atoms with Gasteiger partial charge in [-0.25, -0.2) is 0 Å². The van der Waals surface area contributed by atoms with Gasteiger partial charge in [0.15, 0.2) is 0 Å². The maximum absolute atomic E-state index is 12.9. The van der Waals surface area contributed by atoms with Gasteiger partial charge in [-0.1, -0.05) is 23.8 Å². The minimum absolute atomic E-state index is 0.0338. The van der Waals surface area contributed by atoms with Crippen LogP contribution in [0.3, 0.4) is 0 Å². The molecule has 2 amide bonds. The SMILES string of the molecule is Cc1ccc(NC(=O)C2CC(=O)N(c3cccc(C(F)(F)F)c3)C2)cc1. The van der Waals surface area contributed by atoms with Gasteiger partial charge in [0.1, 0.15) is 0 Å². The van der Waals surface area contributed by atoms with Crippen LogP contribution in [0.4, 0.5) is 24.5 Å². The number of carbonyl (C=O) groups is 2. The lowest BCUT2D eigenvalue weighted by molar-refractivity contribution is -0.137. The Morgan fingerprint density at radius 1 is 1.15 bits per heavy atom. The highest BCUT2D eigenvalue weighted by molar-refractivity contribution is 6.03. The Morgan fingerprint density at radius 3 is 2.50 bits per heavy atom. The zero-order valence-electron chi connectivity index (χ0n) is 14.0. The van der Waals surface area contributed by atoms with E-state index in [1.165, 1.54) is 17.0 Å². The van der Waals surface area contributed by atoms with Gasteiger partial charge in [-0.2, -0.15) is 13.2 Å². The Kier molecular flexibility index (Phi) is 4.71. The van der Waals surface area contributed by atoms with Crippen molar-refractivity contribution in [3.63, 3.8) is 0 Å². The fourth-order valence-corrected chi connectivity index (χ4v) is 2.86. The summed E-state index contributed by atoms with van der Waals surface area (Å²) >= 11 is 0. The maximum atomic E-state index is 12.9. The van der Waals surface area contributed by atoms with Gasteiger partial charge in [-0.05, 0) is 37.3 Å². The van der Waals surface area contributed by atoms with E-state index in [9.17, 15) is 22.8 Å².